The van der Waals surface area contributed by atoms with E-state index >= 15 is 0 Å². The van der Waals surface area contributed by atoms with Crippen LogP contribution in [0.3, 0.4) is 0 Å². The van der Waals surface area contributed by atoms with Crippen molar-refractivity contribution in [2.45, 2.75) is 25.5 Å². The highest BCUT2D eigenvalue weighted by molar-refractivity contribution is 4.90. The van der Waals surface area contributed by atoms with Crippen molar-refractivity contribution in [3.8, 4) is 0 Å². The highest BCUT2D eigenvalue weighted by Crippen LogP contribution is 2.07. The van der Waals surface area contributed by atoms with Crippen LogP contribution >= 0.6 is 0 Å². The third-order valence-corrected chi connectivity index (χ3v) is 3.25. The molecule has 1 fully saturated rings. The maximum atomic E-state index is 9.88. The van der Waals surface area contributed by atoms with Crippen LogP contribution in [-0.4, -0.2) is 51.8 Å². The zero-order valence-electron chi connectivity index (χ0n) is 10.5. The molecule has 2 heterocycles. The first-order valence-corrected chi connectivity index (χ1v) is 6.33. The Morgan fingerprint density at radius 1 is 1.47 bits per heavy atom. The zero-order chi connectivity index (χ0) is 12.1. The lowest BCUT2D eigenvalue weighted by Gasteiger charge is -2.19. The van der Waals surface area contributed by atoms with E-state index in [4.69, 9.17) is 0 Å². The minimum absolute atomic E-state index is 0.284. The second kappa shape index (κ2) is 6.14. The van der Waals surface area contributed by atoms with Crippen LogP contribution in [0.2, 0.25) is 0 Å². The fourth-order valence-electron chi connectivity index (χ4n) is 2.25. The molecule has 1 saturated heterocycles. The average Bonchev–Trinajstić information content (AvgIpc) is 2.91. The van der Waals surface area contributed by atoms with Crippen molar-refractivity contribution < 1.29 is 5.11 Å². The van der Waals surface area contributed by atoms with Gasteiger partial charge in [0.15, 0.2) is 0 Å². The number of imidazole rings is 1. The van der Waals surface area contributed by atoms with Crippen molar-refractivity contribution in [3.63, 3.8) is 0 Å². The lowest BCUT2D eigenvalue weighted by atomic mass is 10.3. The summed E-state index contributed by atoms with van der Waals surface area (Å²) in [5, 5.41) is 13.1. The van der Waals surface area contributed by atoms with E-state index < -0.39 is 0 Å². The van der Waals surface area contributed by atoms with Gasteiger partial charge in [-0.05, 0) is 25.9 Å². The number of hydrogen-bond acceptors (Lipinski definition) is 4. The lowest BCUT2D eigenvalue weighted by Crippen LogP contribution is -2.37. The van der Waals surface area contributed by atoms with E-state index in [-0.39, 0.29) is 6.10 Å². The van der Waals surface area contributed by atoms with Gasteiger partial charge < -0.3 is 19.9 Å². The molecule has 5 heteroatoms. The number of hydrogen-bond donors (Lipinski definition) is 2. The Morgan fingerprint density at radius 3 is 2.88 bits per heavy atom. The third kappa shape index (κ3) is 3.80. The van der Waals surface area contributed by atoms with E-state index in [0.29, 0.717) is 13.1 Å². The second-order valence-corrected chi connectivity index (χ2v) is 4.75. The molecule has 0 aromatic carbocycles. The number of nitrogens with zero attached hydrogens (tertiary/aromatic N) is 3. The van der Waals surface area contributed by atoms with Gasteiger partial charge in [-0.2, -0.15) is 0 Å². The van der Waals surface area contributed by atoms with E-state index in [1.165, 1.54) is 12.8 Å². The van der Waals surface area contributed by atoms with E-state index in [9.17, 15) is 5.11 Å². The number of aliphatic hydroxyl groups is 1. The van der Waals surface area contributed by atoms with Crippen LogP contribution in [0.15, 0.2) is 12.4 Å². The van der Waals surface area contributed by atoms with Crippen molar-refractivity contribution >= 4 is 0 Å². The van der Waals surface area contributed by atoms with Crippen LogP contribution < -0.4 is 5.32 Å². The molecule has 0 bridgehead atoms. The summed E-state index contributed by atoms with van der Waals surface area (Å²) in [4.78, 5) is 6.55. The average molecular weight is 238 g/mol. The van der Waals surface area contributed by atoms with Crippen molar-refractivity contribution in [3.05, 3.63) is 18.2 Å². The maximum Gasteiger partial charge on any atom is 0.122 e. The third-order valence-electron chi connectivity index (χ3n) is 3.25. The van der Waals surface area contributed by atoms with Gasteiger partial charge in [0, 0.05) is 32.5 Å². The van der Waals surface area contributed by atoms with Gasteiger partial charge in [0.1, 0.15) is 5.82 Å². The molecule has 0 amide bonds. The fraction of sp³-hybridized carbons (Fsp3) is 0.750. The van der Waals surface area contributed by atoms with Crippen LogP contribution in [0, 0.1) is 0 Å². The molecule has 2 rings (SSSR count). The highest BCUT2D eigenvalue weighted by Gasteiger charge is 2.15. The first-order chi connectivity index (χ1) is 8.25. The monoisotopic (exact) mass is 238 g/mol. The molecule has 1 aromatic rings. The topological polar surface area (TPSA) is 53.3 Å². The minimum atomic E-state index is -0.284. The molecule has 0 spiro atoms. The highest BCUT2D eigenvalue weighted by atomic mass is 16.3. The minimum Gasteiger partial charge on any atom is -0.390 e. The number of likely N-dealkylation sites (tertiary alicyclic amines) is 1. The molecule has 0 saturated carbocycles. The van der Waals surface area contributed by atoms with Crippen molar-refractivity contribution in [1.29, 1.82) is 0 Å². The Kier molecular flexibility index (Phi) is 4.53. The van der Waals surface area contributed by atoms with Crippen LogP contribution in [0.1, 0.15) is 18.7 Å². The number of aromatic nitrogens is 2. The Morgan fingerprint density at radius 2 is 2.24 bits per heavy atom. The van der Waals surface area contributed by atoms with Crippen molar-refractivity contribution in [2.24, 2.45) is 7.05 Å². The van der Waals surface area contributed by atoms with Crippen molar-refractivity contribution in [1.82, 2.24) is 19.8 Å². The maximum absolute atomic E-state index is 9.88. The van der Waals surface area contributed by atoms with E-state index in [2.05, 4.69) is 15.2 Å². The number of β-amino-alcohol motifs (C(OH)–C–C–N with tert-alkyl or cyclic N) is 1. The predicted octanol–water partition coefficient (Wildman–Crippen LogP) is -0.0336. The number of rotatable bonds is 6. The Hall–Kier alpha value is -0.910. The first-order valence-electron chi connectivity index (χ1n) is 6.33. The van der Waals surface area contributed by atoms with Gasteiger partial charge in [-0.1, -0.05) is 0 Å². The largest absolute Gasteiger partial charge is 0.390 e. The molecule has 96 valence electrons. The molecule has 1 aliphatic heterocycles. The lowest BCUT2D eigenvalue weighted by molar-refractivity contribution is 0.123. The molecule has 17 heavy (non-hydrogen) atoms. The zero-order valence-corrected chi connectivity index (χ0v) is 10.5. The van der Waals surface area contributed by atoms with Gasteiger partial charge in [0.05, 0.1) is 12.6 Å². The van der Waals surface area contributed by atoms with Gasteiger partial charge in [0.2, 0.25) is 0 Å². The van der Waals surface area contributed by atoms with Crippen LogP contribution in [-0.2, 0) is 13.6 Å². The smallest absolute Gasteiger partial charge is 0.122 e. The van der Waals surface area contributed by atoms with Crippen LogP contribution in [0.25, 0.3) is 0 Å². The van der Waals surface area contributed by atoms with E-state index in [1.807, 2.05) is 17.8 Å². The number of aryl methyl sites for hydroxylation is 1. The summed E-state index contributed by atoms with van der Waals surface area (Å²) in [5.74, 6) is 0.998. The summed E-state index contributed by atoms with van der Waals surface area (Å²) < 4.78 is 1.99. The molecule has 2 N–H and O–H groups in total. The molecule has 0 aliphatic carbocycles. The molecule has 1 aliphatic rings. The summed E-state index contributed by atoms with van der Waals surface area (Å²) in [6.07, 6.45) is 5.98. The normalized spacial score (nSPS) is 18.7. The predicted molar refractivity (Wildman–Crippen MR) is 66.6 cm³/mol. The molecule has 1 aromatic heterocycles. The van der Waals surface area contributed by atoms with E-state index in [0.717, 1.165) is 25.5 Å². The van der Waals surface area contributed by atoms with Crippen molar-refractivity contribution in [2.75, 3.05) is 26.2 Å². The Bertz CT molecular complexity index is 333. The summed E-state index contributed by atoms with van der Waals surface area (Å²) in [6.45, 7) is 4.39. The quantitative estimate of drug-likeness (QED) is 0.730. The first kappa shape index (κ1) is 12.5. The van der Waals surface area contributed by atoms with E-state index in [1.54, 1.807) is 6.20 Å². The number of aliphatic hydroxyl groups excluding tert-OH is 1. The Labute approximate surface area is 102 Å². The van der Waals surface area contributed by atoms with Gasteiger partial charge in [0.25, 0.3) is 0 Å². The van der Waals surface area contributed by atoms with Gasteiger partial charge in [-0.15, -0.1) is 0 Å². The van der Waals surface area contributed by atoms with Gasteiger partial charge in [-0.3, -0.25) is 0 Å². The van der Waals surface area contributed by atoms with Gasteiger partial charge >= 0.3 is 0 Å². The molecular weight excluding hydrogens is 216 g/mol. The SMILES string of the molecule is Cn1ccnc1CNCC(O)CN1CCCC1. The van der Waals surface area contributed by atoms with Crippen LogP contribution in [0.4, 0.5) is 0 Å². The summed E-state index contributed by atoms with van der Waals surface area (Å²) in [5.41, 5.74) is 0. The van der Waals surface area contributed by atoms with Gasteiger partial charge in [-0.25, -0.2) is 4.98 Å². The summed E-state index contributed by atoms with van der Waals surface area (Å²) >= 11 is 0. The standard InChI is InChI=1S/C12H22N4O/c1-15-7-4-14-12(15)9-13-8-11(17)10-16-5-2-3-6-16/h4,7,11,13,17H,2-3,5-6,8-10H2,1H3. The molecule has 1 atom stereocenters. The summed E-state index contributed by atoms with van der Waals surface area (Å²) in [6, 6.07) is 0. The van der Waals surface area contributed by atoms with Crippen LogP contribution in [0.5, 0.6) is 0 Å². The fourth-order valence-corrected chi connectivity index (χ4v) is 2.25. The molecule has 5 nitrogen and oxygen atoms in total. The molecule has 0 radical (unpaired) electrons. The second-order valence-electron chi connectivity index (χ2n) is 4.75. The summed E-state index contributed by atoms with van der Waals surface area (Å²) in [7, 11) is 1.98. The molecule has 1 unspecified atom stereocenters. The molecular formula is C12H22N4O. The Balaban J connectivity index is 1.62. The number of nitrogens with one attached hydrogen (secondary N) is 1.